The predicted octanol–water partition coefficient (Wildman–Crippen LogP) is 2.57. The van der Waals surface area contributed by atoms with Crippen molar-refractivity contribution in [2.45, 2.75) is 26.3 Å². The summed E-state index contributed by atoms with van der Waals surface area (Å²) in [6, 6.07) is 8.53. The van der Waals surface area contributed by atoms with Crippen LogP contribution in [0.5, 0.6) is 0 Å². The van der Waals surface area contributed by atoms with Gasteiger partial charge in [-0.2, -0.15) is 0 Å². The highest BCUT2D eigenvalue weighted by molar-refractivity contribution is 7.11. The maximum absolute atomic E-state index is 5.67. The number of benzene rings is 1. The van der Waals surface area contributed by atoms with Crippen molar-refractivity contribution < 1.29 is 0 Å². The molecule has 90 valence electrons. The van der Waals surface area contributed by atoms with Gasteiger partial charge in [0.25, 0.3) is 0 Å². The van der Waals surface area contributed by atoms with Crippen molar-refractivity contribution in [2.75, 3.05) is 0 Å². The molecule has 1 heterocycles. The molecule has 3 N–H and O–H groups in total. The fourth-order valence-electron chi connectivity index (χ4n) is 1.85. The lowest BCUT2D eigenvalue weighted by atomic mass is 10.0. The summed E-state index contributed by atoms with van der Waals surface area (Å²) in [5.74, 6) is 5.67. The Kier molecular flexibility index (Phi) is 3.89. The summed E-state index contributed by atoms with van der Waals surface area (Å²) in [4.78, 5) is 5.43. The van der Waals surface area contributed by atoms with E-state index >= 15 is 0 Å². The Morgan fingerprint density at radius 3 is 2.88 bits per heavy atom. The molecule has 0 bridgehead atoms. The number of aromatic nitrogens is 1. The van der Waals surface area contributed by atoms with E-state index in [9.17, 15) is 0 Å². The smallest absolute Gasteiger partial charge is 0.0897 e. The number of rotatable bonds is 4. The van der Waals surface area contributed by atoms with Gasteiger partial charge in [-0.05, 0) is 24.5 Å². The summed E-state index contributed by atoms with van der Waals surface area (Å²) in [6.45, 7) is 4.16. The number of nitrogens with two attached hydrogens (primary N) is 1. The van der Waals surface area contributed by atoms with Gasteiger partial charge in [0.2, 0.25) is 0 Å². The van der Waals surface area contributed by atoms with Crippen molar-refractivity contribution in [1.82, 2.24) is 10.4 Å². The molecule has 2 rings (SSSR count). The lowest BCUT2D eigenvalue weighted by Crippen LogP contribution is -2.28. The molecular formula is C13H17N3S. The normalized spacial score (nSPS) is 12.6. The van der Waals surface area contributed by atoms with Gasteiger partial charge < -0.3 is 0 Å². The van der Waals surface area contributed by atoms with Crippen LogP contribution in [0.2, 0.25) is 0 Å². The van der Waals surface area contributed by atoms with Crippen LogP contribution in [0.15, 0.2) is 30.5 Å². The van der Waals surface area contributed by atoms with E-state index in [0.717, 1.165) is 16.3 Å². The lowest BCUT2D eigenvalue weighted by molar-refractivity contribution is 0.644. The molecule has 1 atom stereocenters. The first-order valence-electron chi connectivity index (χ1n) is 5.72. The van der Waals surface area contributed by atoms with Crippen LogP contribution in [0.1, 0.15) is 34.0 Å². The highest BCUT2D eigenvalue weighted by Crippen LogP contribution is 2.26. The highest BCUT2D eigenvalue weighted by Gasteiger charge is 2.14. The third-order valence-electron chi connectivity index (χ3n) is 2.78. The van der Waals surface area contributed by atoms with E-state index in [1.54, 1.807) is 11.3 Å². The van der Waals surface area contributed by atoms with E-state index in [-0.39, 0.29) is 6.04 Å². The minimum absolute atomic E-state index is 0.0349. The molecule has 0 aliphatic carbocycles. The molecule has 0 spiro atoms. The van der Waals surface area contributed by atoms with Gasteiger partial charge in [-0.15, -0.1) is 11.3 Å². The third kappa shape index (κ3) is 2.72. The average molecular weight is 247 g/mol. The Labute approximate surface area is 106 Å². The molecule has 0 aliphatic heterocycles. The molecule has 2 aromatic rings. The van der Waals surface area contributed by atoms with Gasteiger partial charge in [-0.25, -0.2) is 10.4 Å². The Balaban J connectivity index is 2.34. The van der Waals surface area contributed by atoms with E-state index < -0.39 is 0 Å². The fourth-order valence-corrected chi connectivity index (χ4v) is 2.72. The molecule has 3 nitrogen and oxygen atoms in total. The monoisotopic (exact) mass is 247 g/mol. The zero-order valence-corrected chi connectivity index (χ0v) is 10.9. The number of nitrogens with zero attached hydrogens (tertiary/aromatic N) is 1. The van der Waals surface area contributed by atoms with Crippen LogP contribution in [0.3, 0.4) is 0 Å². The van der Waals surface area contributed by atoms with Crippen molar-refractivity contribution in [3.8, 4) is 0 Å². The second-order valence-corrected chi connectivity index (χ2v) is 5.25. The summed E-state index contributed by atoms with van der Waals surface area (Å²) in [7, 11) is 0. The van der Waals surface area contributed by atoms with Crippen molar-refractivity contribution in [3.63, 3.8) is 0 Å². The molecule has 0 radical (unpaired) electrons. The van der Waals surface area contributed by atoms with Crippen LogP contribution in [0, 0.1) is 6.92 Å². The zero-order valence-electron chi connectivity index (χ0n) is 10.1. The molecule has 1 aromatic heterocycles. The van der Waals surface area contributed by atoms with Crippen molar-refractivity contribution in [2.24, 2.45) is 5.84 Å². The Hall–Kier alpha value is -1.23. The van der Waals surface area contributed by atoms with Crippen molar-refractivity contribution in [1.29, 1.82) is 0 Å². The van der Waals surface area contributed by atoms with Crippen LogP contribution < -0.4 is 11.3 Å². The maximum atomic E-state index is 5.67. The standard InChI is InChI=1S/C13H17N3S/c1-3-10-5-4-6-11(7-10)13(16-14)12-8-15-9(2)17-12/h4-8,13,16H,3,14H2,1-2H3. The van der Waals surface area contributed by atoms with Crippen molar-refractivity contribution >= 4 is 11.3 Å². The lowest BCUT2D eigenvalue weighted by Gasteiger charge is -2.15. The zero-order chi connectivity index (χ0) is 12.3. The predicted molar refractivity (Wildman–Crippen MR) is 71.8 cm³/mol. The number of thiazole rings is 1. The molecule has 0 saturated carbocycles. The number of hydrogen-bond donors (Lipinski definition) is 2. The van der Waals surface area contributed by atoms with Crippen LogP contribution in [0.4, 0.5) is 0 Å². The van der Waals surface area contributed by atoms with Gasteiger partial charge >= 0.3 is 0 Å². The molecule has 0 aliphatic rings. The quantitative estimate of drug-likeness (QED) is 0.645. The summed E-state index contributed by atoms with van der Waals surface area (Å²) < 4.78 is 0. The number of hydrazine groups is 1. The fraction of sp³-hybridized carbons (Fsp3) is 0.308. The topological polar surface area (TPSA) is 50.9 Å². The van der Waals surface area contributed by atoms with E-state index in [4.69, 9.17) is 5.84 Å². The average Bonchev–Trinajstić information content (AvgIpc) is 2.77. The highest BCUT2D eigenvalue weighted by atomic mass is 32.1. The molecule has 1 aromatic carbocycles. The van der Waals surface area contributed by atoms with Gasteiger partial charge in [-0.1, -0.05) is 31.2 Å². The third-order valence-corrected chi connectivity index (χ3v) is 3.76. The first-order valence-corrected chi connectivity index (χ1v) is 6.53. The van der Waals surface area contributed by atoms with Gasteiger partial charge in [-0.3, -0.25) is 5.84 Å². The summed E-state index contributed by atoms with van der Waals surface area (Å²) in [5.41, 5.74) is 5.38. The molecule has 0 saturated heterocycles. The molecule has 1 unspecified atom stereocenters. The van der Waals surface area contributed by atoms with Crippen LogP contribution in [-0.2, 0) is 6.42 Å². The van der Waals surface area contributed by atoms with Gasteiger partial charge in [0.1, 0.15) is 0 Å². The SMILES string of the molecule is CCc1cccc(C(NN)c2cnc(C)s2)c1. The summed E-state index contributed by atoms with van der Waals surface area (Å²) in [6.07, 6.45) is 2.93. The summed E-state index contributed by atoms with van der Waals surface area (Å²) in [5, 5.41) is 1.06. The Morgan fingerprint density at radius 2 is 2.29 bits per heavy atom. The second-order valence-electron chi connectivity index (χ2n) is 3.98. The minimum Gasteiger partial charge on any atom is -0.271 e. The van der Waals surface area contributed by atoms with E-state index in [2.05, 4.69) is 41.6 Å². The first kappa shape index (κ1) is 12.2. The van der Waals surface area contributed by atoms with E-state index in [1.165, 1.54) is 11.1 Å². The minimum atomic E-state index is 0.0349. The van der Waals surface area contributed by atoms with E-state index in [0.29, 0.717) is 0 Å². The molecule has 0 amide bonds. The first-order chi connectivity index (χ1) is 8.24. The van der Waals surface area contributed by atoms with Gasteiger partial charge in [0.15, 0.2) is 0 Å². The van der Waals surface area contributed by atoms with Gasteiger partial charge in [0, 0.05) is 11.1 Å². The number of nitrogens with one attached hydrogen (secondary N) is 1. The van der Waals surface area contributed by atoms with Crippen LogP contribution in [-0.4, -0.2) is 4.98 Å². The van der Waals surface area contributed by atoms with Crippen molar-refractivity contribution in [3.05, 3.63) is 51.5 Å². The van der Waals surface area contributed by atoms with E-state index in [1.807, 2.05) is 13.1 Å². The van der Waals surface area contributed by atoms with Crippen LogP contribution in [0.25, 0.3) is 0 Å². The maximum Gasteiger partial charge on any atom is 0.0897 e. The molecular weight excluding hydrogens is 230 g/mol. The van der Waals surface area contributed by atoms with Crippen LogP contribution >= 0.6 is 11.3 Å². The second kappa shape index (κ2) is 5.40. The molecule has 17 heavy (non-hydrogen) atoms. The molecule has 0 fully saturated rings. The number of hydrogen-bond acceptors (Lipinski definition) is 4. The largest absolute Gasteiger partial charge is 0.271 e. The van der Waals surface area contributed by atoms with Gasteiger partial charge in [0.05, 0.1) is 11.0 Å². The Bertz CT molecular complexity index is 493. The summed E-state index contributed by atoms with van der Waals surface area (Å²) >= 11 is 1.68. The molecule has 4 heteroatoms. The number of aryl methyl sites for hydroxylation is 2. The Morgan fingerprint density at radius 1 is 1.47 bits per heavy atom.